The van der Waals surface area contributed by atoms with Crippen LogP contribution in [0.4, 0.5) is 5.82 Å². The van der Waals surface area contributed by atoms with E-state index in [0.29, 0.717) is 11.2 Å². The summed E-state index contributed by atoms with van der Waals surface area (Å²) < 4.78 is 2.44. The molecular weight excluding hydrogens is 374 g/mol. The van der Waals surface area contributed by atoms with Crippen molar-refractivity contribution >= 4 is 33.3 Å². The number of hydrogen-bond acceptors (Lipinski definition) is 6. The SMILES string of the molecule is CN(C(=O)c1cncc(Br)c1)C1CN(c2ccc3nncn3n2)C1. The molecule has 3 aromatic heterocycles. The lowest BCUT2D eigenvalue weighted by Crippen LogP contribution is -2.60. The molecule has 4 rings (SSSR count). The van der Waals surface area contributed by atoms with Crippen molar-refractivity contribution in [3.8, 4) is 0 Å². The number of hydrogen-bond donors (Lipinski definition) is 0. The van der Waals surface area contributed by atoms with Crippen LogP contribution in [-0.4, -0.2) is 61.8 Å². The summed E-state index contributed by atoms with van der Waals surface area (Å²) in [5.74, 6) is 0.819. The highest BCUT2D eigenvalue weighted by Crippen LogP contribution is 2.22. The number of carbonyl (C=O) groups excluding carboxylic acids is 1. The molecule has 1 saturated heterocycles. The fourth-order valence-electron chi connectivity index (χ4n) is 2.67. The van der Waals surface area contributed by atoms with Crippen LogP contribution in [0.1, 0.15) is 10.4 Å². The molecule has 9 heteroatoms. The molecule has 0 N–H and O–H groups in total. The number of carbonyl (C=O) groups is 1. The maximum absolute atomic E-state index is 12.5. The molecule has 4 heterocycles. The van der Waals surface area contributed by atoms with Gasteiger partial charge < -0.3 is 9.80 Å². The summed E-state index contributed by atoms with van der Waals surface area (Å²) in [5.41, 5.74) is 1.29. The Morgan fingerprint density at radius 3 is 2.96 bits per heavy atom. The van der Waals surface area contributed by atoms with Crippen molar-refractivity contribution in [1.82, 2.24) is 29.7 Å². The van der Waals surface area contributed by atoms with Gasteiger partial charge in [0, 0.05) is 37.0 Å². The Kier molecular flexibility index (Phi) is 3.64. The molecule has 0 unspecified atom stereocenters. The van der Waals surface area contributed by atoms with Crippen molar-refractivity contribution in [2.24, 2.45) is 0 Å². The molecule has 1 amide bonds. The number of fused-ring (bicyclic) bond motifs is 1. The summed E-state index contributed by atoms with van der Waals surface area (Å²) >= 11 is 3.34. The quantitative estimate of drug-likeness (QED) is 0.672. The smallest absolute Gasteiger partial charge is 0.255 e. The maximum Gasteiger partial charge on any atom is 0.255 e. The zero-order valence-electron chi connectivity index (χ0n) is 12.9. The van der Waals surface area contributed by atoms with Crippen LogP contribution in [0.3, 0.4) is 0 Å². The molecule has 3 aromatic rings. The monoisotopic (exact) mass is 387 g/mol. The molecule has 24 heavy (non-hydrogen) atoms. The van der Waals surface area contributed by atoms with E-state index in [1.807, 2.05) is 19.2 Å². The molecule has 0 bridgehead atoms. The van der Waals surface area contributed by atoms with E-state index < -0.39 is 0 Å². The second kappa shape index (κ2) is 5.82. The Hall–Kier alpha value is -2.55. The first-order chi connectivity index (χ1) is 11.6. The first-order valence-corrected chi connectivity index (χ1v) is 8.21. The second-order valence-corrected chi connectivity index (χ2v) is 6.61. The Balaban J connectivity index is 1.43. The van der Waals surface area contributed by atoms with Crippen molar-refractivity contribution < 1.29 is 4.79 Å². The molecule has 1 aliphatic rings. The van der Waals surface area contributed by atoms with Crippen LogP contribution in [0, 0.1) is 0 Å². The van der Waals surface area contributed by atoms with Gasteiger partial charge in [-0.25, -0.2) is 0 Å². The van der Waals surface area contributed by atoms with E-state index in [4.69, 9.17) is 0 Å². The topological polar surface area (TPSA) is 79.5 Å². The van der Waals surface area contributed by atoms with Crippen molar-refractivity contribution in [2.75, 3.05) is 25.0 Å². The Labute approximate surface area is 146 Å². The number of aromatic nitrogens is 5. The summed E-state index contributed by atoms with van der Waals surface area (Å²) in [6, 6.07) is 5.73. The molecule has 1 fully saturated rings. The fraction of sp³-hybridized carbons (Fsp3) is 0.267. The number of halogens is 1. The molecule has 0 aromatic carbocycles. The lowest BCUT2D eigenvalue weighted by atomic mass is 10.1. The summed E-state index contributed by atoms with van der Waals surface area (Å²) in [7, 11) is 1.82. The van der Waals surface area contributed by atoms with Crippen LogP contribution in [0.2, 0.25) is 0 Å². The van der Waals surface area contributed by atoms with Gasteiger partial charge in [0.1, 0.15) is 12.1 Å². The molecule has 0 saturated carbocycles. The average molecular weight is 388 g/mol. The van der Waals surface area contributed by atoms with Gasteiger partial charge in [0.2, 0.25) is 0 Å². The van der Waals surface area contributed by atoms with Gasteiger partial charge >= 0.3 is 0 Å². The van der Waals surface area contributed by atoms with E-state index in [0.717, 1.165) is 23.4 Å². The van der Waals surface area contributed by atoms with E-state index in [1.165, 1.54) is 0 Å². The first kappa shape index (κ1) is 15.0. The normalized spacial score (nSPS) is 14.7. The van der Waals surface area contributed by atoms with Gasteiger partial charge in [0.25, 0.3) is 5.91 Å². The lowest BCUT2D eigenvalue weighted by molar-refractivity contribution is 0.0704. The fourth-order valence-corrected chi connectivity index (χ4v) is 3.04. The Morgan fingerprint density at radius 2 is 2.17 bits per heavy atom. The Morgan fingerprint density at radius 1 is 1.33 bits per heavy atom. The van der Waals surface area contributed by atoms with Gasteiger partial charge in [0.05, 0.1) is 11.6 Å². The minimum atomic E-state index is -0.0318. The van der Waals surface area contributed by atoms with E-state index in [1.54, 1.807) is 34.2 Å². The molecule has 0 spiro atoms. The van der Waals surface area contributed by atoms with Crippen LogP contribution in [-0.2, 0) is 0 Å². The average Bonchev–Trinajstić information content (AvgIpc) is 3.00. The minimum Gasteiger partial charge on any atom is -0.351 e. The zero-order chi connectivity index (χ0) is 16.7. The third-order valence-corrected chi connectivity index (χ3v) is 4.59. The van der Waals surface area contributed by atoms with E-state index in [2.05, 4.69) is 41.1 Å². The van der Waals surface area contributed by atoms with Crippen LogP contribution >= 0.6 is 15.9 Å². The molecule has 0 aliphatic carbocycles. The van der Waals surface area contributed by atoms with E-state index >= 15 is 0 Å². The third kappa shape index (κ3) is 2.60. The van der Waals surface area contributed by atoms with Gasteiger partial charge in [-0.15, -0.1) is 15.3 Å². The van der Waals surface area contributed by atoms with Gasteiger partial charge in [0.15, 0.2) is 5.65 Å². The maximum atomic E-state index is 12.5. The van der Waals surface area contributed by atoms with Crippen LogP contribution in [0.15, 0.2) is 41.4 Å². The minimum absolute atomic E-state index is 0.0318. The molecule has 122 valence electrons. The highest BCUT2D eigenvalue weighted by Gasteiger charge is 2.33. The Bertz CT molecular complexity index is 905. The summed E-state index contributed by atoms with van der Waals surface area (Å²) in [5, 5.41) is 12.2. The predicted molar refractivity (Wildman–Crippen MR) is 90.8 cm³/mol. The largest absolute Gasteiger partial charge is 0.351 e. The summed E-state index contributed by atoms with van der Waals surface area (Å²) in [6.45, 7) is 1.48. The van der Waals surface area contributed by atoms with Crippen molar-refractivity contribution in [3.63, 3.8) is 0 Å². The highest BCUT2D eigenvalue weighted by atomic mass is 79.9. The number of rotatable bonds is 3. The number of nitrogens with zero attached hydrogens (tertiary/aromatic N) is 7. The number of likely N-dealkylation sites (N-methyl/N-ethyl adjacent to an activating group) is 1. The number of amides is 1. The number of anilines is 1. The second-order valence-electron chi connectivity index (χ2n) is 5.69. The molecule has 0 atom stereocenters. The highest BCUT2D eigenvalue weighted by molar-refractivity contribution is 9.10. The first-order valence-electron chi connectivity index (χ1n) is 7.41. The van der Waals surface area contributed by atoms with Gasteiger partial charge in [-0.05, 0) is 34.1 Å². The van der Waals surface area contributed by atoms with Crippen LogP contribution < -0.4 is 4.90 Å². The third-order valence-electron chi connectivity index (χ3n) is 4.15. The van der Waals surface area contributed by atoms with Crippen molar-refractivity contribution in [3.05, 3.63) is 47.0 Å². The molecule has 8 nitrogen and oxygen atoms in total. The van der Waals surface area contributed by atoms with Crippen LogP contribution in [0.25, 0.3) is 5.65 Å². The van der Waals surface area contributed by atoms with Gasteiger partial charge in [-0.1, -0.05) is 0 Å². The van der Waals surface area contributed by atoms with Crippen molar-refractivity contribution in [2.45, 2.75) is 6.04 Å². The summed E-state index contributed by atoms with van der Waals surface area (Å²) in [6.07, 6.45) is 4.82. The predicted octanol–water partition coefficient (Wildman–Crippen LogP) is 1.24. The van der Waals surface area contributed by atoms with E-state index in [-0.39, 0.29) is 11.9 Å². The standard InChI is InChI=1S/C15H14BrN7O/c1-21(15(24)10-4-11(16)6-17-5-10)12-7-22(8-12)14-3-2-13-19-18-9-23(13)20-14/h2-6,9,12H,7-8H2,1H3. The van der Waals surface area contributed by atoms with Gasteiger partial charge in [-0.2, -0.15) is 4.52 Å². The lowest BCUT2D eigenvalue weighted by Gasteiger charge is -2.44. The summed E-state index contributed by atoms with van der Waals surface area (Å²) in [4.78, 5) is 20.5. The molecular formula is C15H14BrN7O. The molecule has 1 aliphatic heterocycles. The zero-order valence-corrected chi connectivity index (χ0v) is 14.5. The van der Waals surface area contributed by atoms with Crippen molar-refractivity contribution in [1.29, 1.82) is 0 Å². The van der Waals surface area contributed by atoms with Gasteiger partial charge in [-0.3, -0.25) is 9.78 Å². The molecule has 0 radical (unpaired) electrons. The van der Waals surface area contributed by atoms with Crippen LogP contribution in [0.5, 0.6) is 0 Å². The number of pyridine rings is 1. The van der Waals surface area contributed by atoms with E-state index in [9.17, 15) is 4.79 Å².